The van der Waals surface area contributed by atoms with Crippen molar-refractivity contribution in [3.63, 3.8) is 0 Å². The quantitative estimate of drug-likeness (QED) is 0.689. The Hall–Kier alpha value is -3.21. The van der Waals surface area contributed by atoms with Gasteiger partial charge in [0.1, 0.15) is 5.75 Å². The summed E-state index contributed by atoms with van der Waals surface area (Å²) < 4.78 is 5.37. The largest absolute Gasteiger partial charge is 0.496 e. The SMILES string of the molecule is COc1ccccc1C(=O)N1CCC[C@H](c2ccnc(-c3ccccc3)n2)C1. The van der Waals surface area contributed by atoms with Crippen LogP contribution in [-0.2, 0) is 0 Å². The fourth-order valence-electron chi connectivity index (χ4n) is 3.72. The Bertz CT molecular complexity index is 959. The molecule has 0 unspecified atom stereocenters. The van der Waals surface area contributed by atoms with E-state index in [1.165, 1.54) is 0 Å². The van der Waals surface area contributed by atoms with Gasteiger partial charge in [-0.25, -0.2) is 9.97 Å². The molecule has 3 aromatic rings. The Kier molecular flexibility index (Phi) is 5.33. The summed E-state index contributed by atoms with van der Waals surface area (Å²) in [6, 6.07) is 19.3. The third-order valence-electron chi connectivity index (χ3n) is 5.17. The van der Waals surface area contributed by atoms with Crippen LogP contribution in [0.4, 0.5) is 0 Å². The van der Waals surface area contributed by atoms with Gasteiger partial charge in [0.25, 0.3) is 5.91 Å². The highest BCUT2D eigenvalue weighted by Gasteiger charge is 2.27. The molecule has 1 aromatic heterocycles. The van der Waals surface area contributed by atoms with Crippen molar-refractivity contribution in [3.8, 4) is 17.1 Å². The Morgan fingerprint density at radius 2 is 1.86 bits per heavy atom. The van der Waals surface area contributed by atoms with E-state index in [1.54, 1.807) is 7.11 Å². The van der Waals surface area contributed by atoms with E-state index >= 15 is 0 Å². The molecular weight excluding hydrogens is 350 g/mol. The molecule has 5 heteroatoms. The number of rotatable bonds is 4. The topological polar surface area (TPSA) is 55.3 Å². The Morgan fingerprint density at radius 3 is 2.68 bits per heavy atom. The van der Waals surface area contributed by atoms with Gasteiger partial charge >= 0.3 is 0 Å². The number of para-hydroxylation sites is 1. The number of aromatic nitrogens is 2. The van der Waals surface area contributed by atoms with E-state index in [0.29, 0.717) is 17.9 Å². The van der Waals surface area contributed by atoms with Crippen molar-refractivity contribution in [1.82, 2.24) is 14.9 Å². The molecule has 0 saturated carbocycles. The van der Waals surface area contributed by atoms with E-state index in [4.69, 9.17) is 9.72 Å². The van der Waals surface area contributed by atoms with Crippen molar-refractivity contribution in [2.45, 2.75) is 18.8 Å². The Balaban J connectivity index is 1.55. The fraction of sp³-hybridized carbons (Fsp3) is 0.261. The van der Waals surface area contributed by atoms with Crippen LogP contribution in [0, 0.1) is 0 Å². The van der Waals surface area contributed by atoms with Gasteiger partial charge in [0.15, 0.2) is 5.82 Å². The van der Waals surface area contributed by atoms with Crippen LogP contribution in [0.25, 0.3) is 11.4 Å². The molecule has 1 saturated heterocycles. The van der Waals surface area contributed by atoms with Gasteiger partial charge in [-0.1, -0.05) is 42.5 Å². The predicted molar refractivity (Wildman–Crippen MR) is 108 cm³/mol. The van der Waals surface area contributed by atoms with E-state index < -0.39 is 0 Å². The maximum absolute atomic E-state index is 13.1. The molecule has 1 aliphatic heterocycles. The fourth-order valence-corrected chi connectivity index (χ4v) is 3.72. The van der Waals surface area contributed by atoms with Gasteiger partial charge in [-0.2, -0.15) is 0 Å². The van der Waals surface area contributed by atoms with Crippen molar-refractivity contribution < 1.29 is 9.53 Å². The highest BCUT2D eigenvalue weighted by molar-refractivity contribution is 5.97. The van der Waals surface area contributed by atoms with Crippen LogP contribution in [0.5, 0.6) is 5.75 Å². The molecule has 4 rings (SSSR count). The third kappa shape index (κ3) is 3.74. The molecular formula is C23H23N3O2. The second-order valence-electron chi connectivity index (χ2n) is 6.96. The average molecular weight is 373 g/mol. The van der Waals surface area contributed by atoms with E-state index in [1.807, 2.05) is 71.8 Å². The van der Waals surface area contributed by atoms with Crippen molar-refractivity contribution >= 4 is 5.91 Å². The summed E-state index contributed by atoms with van der Waals surface area (Å²) in [4.78, 5) is 24.2. The first kappa shape index (κ1) is 18.2. The smallest absolute Gasteiger partial charge is 0.257 e. The molecule has 0 bridgehead atoms. The number of methoxy groups -OCH3 is 1. The van der Waals surface area contributed by atoms with Gasteiger partial charge in [0.2, 0.25) is 0 Å². The number of benzene rings is 2. The summed E-state index contributed by atoms with van der Waals surface area (Å²) in [5, 5.41) is 0. The second-order valence-corrected chi connectivity index (χ2v) is 6.96. The summed E-state index contributed by atoms with van der Waals surface area (Å²) in [5.41, 5.74) is 2.60. The lowest BCUT2D eigenvalue weighted by molar-refractivity contribution is 0.0702. The summed E-state index contributed by atoms with van der Waals surface area (Å²) in [6.07, 6.45) is 3.78. The van der Waals surface area contributed by atoms with Crippen molar-refractivity contribution in [2.75, 3.05) is 20.2 Å². The second kappa shape index (κ2) is 8.21. The lowest BCUT2D eigenvalue weighted by Gasteiger charge is -2.33. The normalized spacial score (nSPS) is 16.6. The number of carbonyl (C=O) groups excluding carboxylic acids is 1. The molecule has 1 fully saturated rings. The molecule has 0 spiro atoms. The standard InChI is InChI=1S/C23H23N3O2/c1-28-21-12-6-5-11-19(21)23(27)26-15-7-10-18(16-26)20-13-14-24-22(25-20)17-8-3-2-4-9-17/h2-6,8-9,11-14,18H,7,10,15-16H2,1H3/t18-/m0/s1. The minimum Gasteiger partial charge on any atom is -0.496 e. The summed E-state index contributed by atoms with van der Waals surface area (Å²) >= 11 is 0. The van der Waals surface area contributed by atoms with E-state index in [2.05, 4.69) is 4.98 Å². The maximum atomic E-state index is 13.1. The van der Waals surface area contributed by atoms with Crippen LogP contribution in [0.15, 0.2) is 66.9 Å². The number of amides is 1. The average Bonchev–Trinajstić information content (AvgIpc) is 2.79. The zero-order chi connectivity index (χ0) is 19.3. The van der Waals surface area contributed by atoms with Gasteiger partial charge < -0.3 is 9.64 Å². The van der Waals surface area contributed by atoms with Crippen molar-refractivity contribution in [3.05, 3.63) is 78.1 Å². The molecule has 0 N–H and O–H groups in total. The summed E-state index contributed by atoms with van der Waals surface area (Å²) in [6.45, 7) is 1.41. The molecule has 142 valence electrons. The number of carbonyl (C=O) groups is 1. The molecule has 1 amide bonds. The van der Waals surface area contributed by atoms with E-state index in [0.717, 1.165) is 36.5 Å². The predicted octanol–water partition coefficient (Wildman–Crippen LogP) is 4.17. The monoisotopic (exact) mass is 373 g/mol. The number of piperidine rings is 1. The van der Waals surface area contributed by atoms with Crippen LogP contribution in [0.2, 0.25) is 0 Å². The number of hydrogen-bond donors (Lipinski definition) is 0. The van der Waals surface area contributed by atoms with E-state index in [-0.39, 0.29) is 11.8 Å². The lowest BCUT2D eigenvalue weighted by Crippen LogP contribution is -2.39. The highest BCUT2D eigenvalue weighted by atomic mass is 16.5. The lowest BCUT2D eigenvalue weighted by atomic mass is 9.94. The molecule has 2 aromatic carbocycles. The molecule has 0 aliphatic carbocycles. The first-order valence-corrected chi connectivity index (χ1v) is 9.57. The molecule has 1 aliphatic rings. The third-order valence-corrected chi connectivity index (χ3v) is 5.17. The molecule has 28 heavy (non-hydrogen) atoms. The summed E-state index contributed by atoms with van der Waals surface area (Å²) in [7, 11) is 1.59. The minimum absolute atomic E-state index is 0.0134. The summed E-state index contributed by atoms with van der Waals surface area (Å²) in [5.74, 6) is 1.56. The van der Waals surface area contributed by atoms with Gasteiger partial charge in [0.05, 0.1) is 12.7 Å². The zero-order valence-corrected chi connectivity index (χ0v) is 15.9. The van der Waals surface area contributed by atoms with Crippen LogP contribution in [0.1, 0.15) is 34.8 Å². The van der Waals surface area contributed by atoms with Crippen LogP contribution < -0.4 is 4.74 Å². The van der Waals surface area contributed by atoms with Gasteiger partial charge in [-0.3, -0.25) is 4.79 Å². The minimum atomic E-state index is 0.0134. The number of nitrogens with zero attached hydrogens (tertiary/aromatic N) is 3. The number of hydrogen-bond acceptors (Lipinski definition) is 4. The molecule has 1 atom stereocenters. The van der Waals surface area contributed by atoms with Crippen molar-refractivity contribution in [2.24, 2.45) is 0 Å². The van der Waals surface area contributed by atoms with Gasteiger partial charge in [-0.15, -0.1) is 0 Å². The van der Waals surface area contributed by atoms with Crippen LogP contribution in [0.3, 0.4) is 0 Å². The van der Waals surface area contributed by atoms with E-state index in [9.17, 15) is 4.79 Å². The Labute approximate surface area is 165 Å². The maximum Gasteiger partial charge on any atom is 0.257 e. The van der Waals surface area contributed by atoms with Gasteiger partial charge in [-0.05, 0) is 31.0 Å². The number of likely N-dealkylation sites (tertiary alicyclic amines) is 1. The first-order valence-electron chi connectivity index (χ1n) is 9.57. The number of ether oxygens (including phenoxy) is 1. The van der Waals surface area contributed by atoms with Crippen LogP contribution >= 0.6 is 0 Å². The zero-order valence-electron chi connectivity index (χ0n) is 15.9. The highest BCUT2D eigenvalue weighted by Crippen LogP contribution is 2.29. The first-order chi connectivity index (χ1) is 13.8. The molecule has 2 heterocycles. The van der Waals surface area contributed by atoms with Crippen LogP contribution in [-0.4, -0.2) is 41.0 Å². The molecule has 0 radical (unpaired) electrons. The van der Waals surface area contributed by atoms with Gasteiger partial charge in [0, 0.05) is 36.5 Å². The van der Waals surface area contributed by atoms with Crippen molar-refractivity contribution in [1.29, 1.82) is 0 Å². The molecule has 5 nitrogen and oxygen atoms in total. The Morgan fingerprint density at radius 1 is 1.07 bits per heavy atom.